The predicted octanol–water partition coefficient (Wildman–Crippen LogP) is 4.11. The lowest BCUT2D eigenvalue weighted by Gasteiger charge is -2.07. The van der Waals surface area contributed by atoms with Crippen LogP contribution in [0.5, 0.6) is 0 Å². The van der Waals surface area contributed by atoms with Crippen molar-refractivity contribution in [2.75, 3.05) is 0 Å². The highest BCUT2D eigenvalue weighted by Crippen LogP contribution is 2.31. The van der Waals surface area contributed by atoms with Crippen LogP contribution in [-0.2, 0) is 6.54 Å². The van der Waals surface area contributed by atoms with Gasteiger partial charge in [-0.1, -0.05) is 45.4 Å². The van der Waals surface area contributed by atoms with Crippen LogP contribution in [0.1, 0.15) is 5.56 Å². The van der Waals surface area contributed by atoms with Crippen LogP contribution in [-0.4, -0.2) is 4.98 Å². The Morgan fingerprint density at radius 1 is 1.29 bits per heavy atom. The minimum atomic E-state index is 0.517. The van der Waals surface area contributed by atoms with Crippen molar-refractivity contribution in [1.29, 1.82) is 0 Å². The SMILES string of the molecule is NCc1ccc(Br)cc1Sc1ccc(Cl)cn1. The first-order chi connectivity index (χ1) is 8.19. The summed E-state index contributed by atoms with van der Waals surface area (Å²) in [5.74, 6) is 0. The zero-order valence-corrected chi connectivity index (χ0v) is 12.0. The summed E-state index contributed by atoms with van der Waals surface area (Å²) in [6.45, 7) is 0.517. The average Bonchev–Trinajstić information content (AvgIpc) is 2.32. The predicted molar refractivity (Wildman–Crippen MR) is 75.4 cm³/mol. The van der Waals surface area contributed by atoms with Crippen LogP contribution in [0.3, 0.4) is 0 Å². The zero-order chi connectivity index (χ0) is 12.3. The average molecular weight is 330 g/mol. The van der Waals surface area contributed by atoms with Gasteiger partial charge in [-0.3, -0.25) is 0 Å². The van der Waals surface area contributed by atoms with Crippen LogP contribution >= 0.6 is 39.3 Å². The van der Waals surface area contributed by atoms with Crippen molar-refractivity contribution < 1.29 is 0 Å². The first-order valence-electron chi connectivity index (χ1n) is 4.97. The highest BCUT2D eigenvalue weighted by molar-refractivity contribution is 9.10. The second-order valence-corrected chi connectivity index (χ2v) is 5.79. The molecule has 17 heavy (non-hydrogen) atoms. The molecule has 1 heterocycles. The van der Waals surface area contributed by atoms with E-state index in [1.54, 1.807) is 18.0 Å². The topological polar surface area (TPSA) is 38.9 Å². The molecule has 0 aliphatic carbocycles. The molecule has 0 amide bonds. The van der Waals surface area contributed by atoms with Crippen molar-refractivity contribution in [1.82, 2.24) is 4.98 Å². The molecule has 88 valence electrons. The van der Waals surface area contributed by atoms with Gasteiger partial charge in [0.05, 0.1) is 5.02 Å². The summed E-state index contributed by atoms with van der Waals surface area (Å²) < 4.78 is 1.03. The van der Waals surface area contributed by atoms with E-state index in [9.17, 15) is 0 Å². The number of nitrogens with two attached hydrogens (primary N) is 1. The fourth-order valence-corrected chi connectivity index (χ4v) is 2.89. The maximum atomic E-state index is 5.80. The Hall–Kier alpha value is -0.550. The molecular formula is C12H10BrClN2S. The van der Waals surface area contributed by atoms with Crippen LogP contribution in [0, 0.1) is 0 Å². The van der Waals surface area contributed by atoms with Gasteiger partial charge in [-0.05, 0) is 29.8 Å². The molecule has 0 atom stereocenters. The summed E-state index contributed by atoms with van der Waals surface area (Å²) >= 11 is 10.8. The maximum Gasteiger partial charge on any atom is 0.101 e. The van der Waals surface area contributed by atoms with Crippen molar-refractivity contribution in [2.24, 2.45) is 5.73 Å². The van der Waals surface area contributed by atoms with Crippen LogP contribution in [0.25, 0.3) is 0 Å². The molecule has 2 nitrogen and oxygen atoms in total. The van der Waals surface area contributed by atoms with Crippen LogP contribution < -0.4 is 5.73 Å². The lowest BCUT2D eigenvalue weighted by molar-refractivity contribution is 1.02. The molecule has 0 saturated heterocycles. The molecule has 5 heteroatoms. The Morgan fingerprint density at radius 2 is 2.12 bits per heavy atom. The van der Waals surface area contributed by atoms with Crippen molar-refractivity contribution in [3.8, 4) is 0 Å². The molecular weight excluding hydrogens is 320 g/mol. The lowest BCUT2D eigenvalue weighted by Crippen LogP contribution is -1.98. The first kappa shape index (κ1) is 12.9. The van der Waals surface area contributed by atoms with Gasteiger partial charge in [0.2, 0.25) is 0 Å². The number of hydrogen-bond acceptors (Lipinski definition) is 3. The number of aromatic nitrogens is 1. The third kappa shape index (κ3) is 3.45. The van der Waals surface area contributed by atoms with Crippen molar-refractivity contribution in [3.63, 3.8) is 0 Å². The van der Waals surface area contributed by atoms with E-state index in [1.807, 2.05) is 30.3 Å². The second kappa shape index (κ2) is 5.87. The standard InChI is InChI=1S/C12H10BrClN2S/c13-9-2-1-8(6-15)11(5-9)17-12-4-3-10(14)7-16-12/h1-5,7H,6,15H2. The molecule has 2 N–H and O–H groups in total. The molecule has 0 fully saturated rings. The summed E-state index contributed by atoms with van der Waals surface area (Å²) in [6, 6.07) is 9.78. The molecule has 1 aromatic carbocycles. The van der Waals surface area contributed by atoms with E-state index in [1.165, 1.54) is 0 Å². The van der Waals surface area contributed by atoms with Gasteiger partial charge in [0, 0.05) is 22.1 Å². The fourth-order valence-electron chi connectivity index (χ4n) is 1.33. The van der Waals surface area contributed by atoms with Gasteiger partial charge in [-0.15, -0.1) is 0 Å². The summed E-state index contributed by atoms with van der Waals surface area (Å²) in [4.78, 5) is 5.36. The number of pyridine rings is 1. The van der Waals surface area contributed by atoms with E-state index in [0.29, 0.717) is 11.6 Å². The molecule has 0 radical (unpaired) electrons. The monoisotopic (exact) mass is 328 g/mol. The van der Waals surface area contributed by atoms with Gasteiger partial charge >= 0.3 is 0 Å². The molecule has 2 aromatic rings. The minimum absolute atomic E-state index is 0.517. The van der Waals surface area contributed by atoms with E-state index in [2.05, 4.69) is 20.9 Å². The van der Waals surface area contributed by atoms with E-state index in [0.717, 1.165) is 20.0 Å². The quantitative estimate of drug-likeness (QED) is 0.921. The number of rotatable bonds is 3. The molecule has 0 bridgehead atoms. The van der Waals surface area contributed by atoms with Gasteiger partial charge in [0.15, 0.2) is 0 Å². The van der Waals surface area contributed by atoms with Gasteiger partial charge in [-0.2, -0.15) is 0 Å². The lowest BCUT2D eigenvalue weighted by atomic mass is 10.2. The molecule has 0 unspecified atom stereocenters. The number of benzene rings is 1. The fraction of sp³-hybridized carbons (Fsp3) is 0.0833. The summed E-state index contributed by atoms with van der Waals surface area (Å²) in [6.07, 6.45) is 1.64. The van der Waals surface area contributed by atoms with Gasteiger partial charge in [0.25, 0.3) is 0 Å². The molecule has 1 aromatic heterocycles. The van der Waals surface area contributed by atoms with E-state index < -0.39 is 0 Å². The van der Waals surface area contributed by atoms with Gasteiger partial charge in [-0.25, -0.2) is 4.98 Å². The summed E-state index contributed by atoms with van der Waals surface area (Å²) in [5.41, 5.74) is 6.81. The number of hydrogen-bond donors (Lipinski definition) is 1. The highest BCUT2D eigenvalue weighted by atomic mass is 79.9. The van der Waals surface area contributed by atoms with Crippen LogP contribution in [0.15, 0.2) is 50.9 Å². The smallest absolute Gasteiger partial charge is 0.101 e. The Balaban J connectivity index is 2.28. The Labute approximate surface area is 118 Å². The largest absolute Gasteiger partial charge is 0.326 e. The number of halogens is 2. The summed E-state index contributed by atoms with van der Waals surface area (Å²) in [7, 11) is 0. The van der Waals surface area contributed by atoms with Crippen molar-refractivity contribution >= 4 is 39.3 Å². The van der Waals surface area contributed by atoms with Crippen LogP contribution in [0.2, 0.25) is 5.02 Å². The second-order valence-electron chi connectivity index (χ2n) is 3.37. The molecule has 2 rings (SSSR count). The summed E-state index contributed by atoms with van der Waals surface area (Å²) in [5, 5.41) is 1.55. The molecule has 0 saturated carbocycles. The zero-order valence-electron chi connectivity index (χ0n) is 8.86. The third-order valence-corrected chi connectivity index (χ3v) is 3.93. The van der Waals surface area contributed by atoms with Gasteiger partial charge in [0.1, 0.15) is 5.03 Å². The van der Waals surface area contributed by atoms with Gasteiger partial charge < -0.3 is 5.73 Å². The Kier molecular flexibility index (Phi) is 4.45. The Morgan fingerprint density at radius 3 is 2.76 bits per heavy atom. The minimum Gasteiger partial charge on any atom is -0.326 e. The van der Waals surface area contributed by atoms with Crippen LogP contribution in [0.4, 0.5) is 0 Å². The third-order valence-electron chi connectivity index (χ3n) is 2.16. The van der Waals surface area contributed by atoms with E-state index >= 15 is 0 Å². The Bertz CT molecular complexity index is 516. The maximum absolute atomic E-state index is 5.80. The normalized spacial score (nSPS) is 10.5. The van der Waals surface area contributed by atoms with E-state index in [-0.39, 0.29) is 0 Å². The first-order valence-corrected chi connectivity index (χ1v) is 6.95. The van der Waals surface area contributed by atoms with Crippen molar-refractivity contribution in [2.45, 2.75) is 16.5 Å². The number of nitrogens with zero attached hydrogens (tertiary/aromatic N) is 1. The van der Waals surface area contributed by atoms with Crippen molar-refractivity contribution in [3.05, 3.63) is 51.6 Å². The highest BCUT2D eigenvalue weighted by Gasteiger charge is 2.05. The van der Waals surface area contributed by atoms with E-state index in [4.69, 9.17) is 17.3 Å². The molecule has 0 aliphatic heterocycles. The molecule has 0 spiro atoms. The molecule has 0 aliphatic rings.